The summed E-state index contributed by atoms with van der Waals surface area (Å²) in [5.74, 6) is 1.71. The summed E-state index contributed by atoms with van der Waals surface area (Å²) >= 11 is 0. The predicted molar refractivity (Wildman–Crippen MR) is 140 cm³/mol. The van der Waals surface area contributed by atoms with Crippen molar-refractivity contribution >= 4 is 22.7 Å². The first-order chi connectivity index (χ1) is 15.8. The van der Waals surface area contributed by atoms with Gasteiger partial charge in [0.2, 0.25) is 5.95 Å². The standard InChI is InChI=1S/C28H39N5/c1-28(2,3)21-12-10-20(11-13-21)18-19-29-22-14-16-23(17-15-22)30-27-31-25-9-7-6-8-24(25)26(32-27)33(4)5/h6-13,22-23,29H,14-19H2,1-5H3,(H,30,31,32). The number of nitrogens with one attached hydrogen (secondary N) is 2. The van der Waals surface area contributed by atoms with Crippen LogP contribution in [-0.4, -0.2) is 42.7 Å². The largest absolute Gasteiger partial charge is 0.362 e. The molecule has 5 nitrogen and oxygen atoms in total. The van der Waals surface area contributed by atoms with Gasteiger partial charge in [0.1, 0.15) is 5.82 Å². The highest BCUT2D eigenvalue weighted by Crippen LogP contribution is 2.26. The van der Waals surface area contributed by atoms with Gasteiger partial charge in [0.15, 0.2) is 0 Å². The minimum atomic E-state index is 0.218. The van der Waals surface area contributed by atoms with E-state index in [0.717, 1.165) is 48.5 Å². The molecule has 0 amide bonds. The molecule has 176 valence electrons. The highest BCUT2D eigenvalue weighted by Gasteiger charge is 2.22. The quantitative estimate of drug-likeness (QED) is 0.499. The molecule has 33 heavy (non-hydrogen) atoms. The Morgan fingerprint density at radius 2 is 1.55 bits per heavy atom. The Bertz CT molecular complexity index is 1040. The van der Waals surface area contributed by atoms with Crippen molar-refractivity contribution < 1.29 is 0 Å². The smallest absolute Gasteiger partial charge is 0.225 e. The van der Waals surface area contributed by atoms with Crippen molar-refractivity contribution in [1.82, 2.24) is 15.3 Å². The maximum absolute atomic E-state index is 4.81. The lowest BCUT2D eigenvalue weighted by atomic mass is 9.86. The van der Waals surface area contributed by atoms with Gasteiger partial charge in [-0.15, -0.1) is 0 Å². The Morgan fingerprint density at radius 3 is 2.21 bits per heavy atom. The first-order valence-electron chi connectivity index (χ1n) is 12.3. The lowest BCUT2D eigenvalue weighted by Crippen LogP contribution is -2.38. The van der Waals surface area contributed by atoms with Crippen LogP contribution in [0.15, 0.2) is 48.5 Å². The molecule has 0 saturated heterocycles. The fourth-order valence-electron chi connectivity index (χ4n) is 4.68. The van der Waals surface area contributed by atoms with E-state index in [1.165, 1.54) is 24.0 Å². The summed E-state index contributed by atoms with van der Waals surface area (Å²) in [6, 6.07) is 18.4. The van der Waals surface area contributed by atoms with Gasteiger partial charge >= 0.3 is 0 Å². The van der Waals surface area contributed by atoms with Crippen LogP contribution in [0, 0.1) is 0 Å². The maximum atomic E-state index is 4.81. The van der Waals surface area contributed by atoms with E-state index in [-0.39, 0.29) is 5.41 Å². The van der Waals surface area contributed by atoms with E-state index in [1.807, 2.05) is 26.2 Å². The maximum Gasteiger partial charge on any atom is 0.225 e. The van der Waals surface area contributed by atoms with Gasteiger partial charge in [-0.05, 0) is 67.3 Å². The summed E-state index contributed by atoms with van der Waals surface area (Å²) in [7, 11) is 4.07. The van der Waals surface area contributed by atoms with E-state index in [0.29, 0.717) is 12.1 Å². The summed E-state index contributed by atoms with van der Waals surface area (Å²) in [5.41, 5.74) is 4.02. The number of benzene rings is 2. The van der Waals surface area contributed by atoms with Gasteiger partial charge in [0, 0.05) is 31.6 Å². The van der Waals surface area contributed by atoms with Crippen LogP contribution < -0.4 is 15.5 Å². The lowest BCUT2D eigenvalue weighted by molar-refractivity contribution is 0.355. The topological polar surface area (TPSA) is 53.1 Å². The molecule has 0 unspecified atom stereocenters. The number of hydrogen-bond acceptors (Lipinski definition) is 5. The second kappa shape index (κ2) is 10.1. The lowest BCUT2D eigenvalue weighted by Gasteiger charge is -2.30. The van der Waals surface area contributed by atoms with Crippen LogP contribution in [0.1, 0.15) is 57.6 Å². The van der Waals surface area contributed by atoms with E-state index in [2.05, 4.69) is 72.7 Å². The predicted octanol–water partition coefficient (Wildman–Crippen LogP) is 5.55. The minimum Gasteiger partial charge on any atom is -0.362 e. The number of aromatic nitrogens is 2. The van der Waals surface area contributed by atoms with E-state index >= 15 is 0 Å². The molecule has 1 aliphatic carbocycles. The highest BCUT2D eigenvalue weighted by molar-refractivity contribution is 5.90. The average molecular weight is 446 g/mol. The molecule has 1 saturated carbocycles. The number of nitrogens with zero attached hydrogens (tertiary/aromatic N) is 3. The summed E-state index contributed by atoms with van der Waals surface area (Å²) in [6.07, 6.45) is 5.75. The fraction of sp³-hybridized carbons (Fsp3) is 0.500. The summed E-state index contributed by atoms with van der Waals surface area (Å²) in [6.45, 7) is 7.84. The monoisotopic (exact) mass is 445 g/mol. The van der Waals surface area contributed by atoms with Gasteiger partial charge in [-0.2, -0.15) is 4.98 Å². The van der Waals surface area contributed by atoms with Crippen LogP contribution in [0.4, 0.5) is 11.8 Å². The van der Waals surface area contributed by atoms with Crippen molar-refractivity contribution in [3.63, 3.8) is 0 Å². The van der Waals surface area contributed by atoms with Gasteiger partial charge < -0.3 is 15.5 Å². The Morgan fingerprint density at radius 1 is 0.879 bits per heavy atom. The first kappa shape index (κ1) is 23.5. The SMILES string of the molecule is CN(C)c1nc(NC2CCC(NCCc3ccc(C(C)(C)C)cc3)CC2)nc2ccccc12. The second-order valence-corrected chi connectivity index (χ2v) is 10.6. The van der Waals surface area contributed by atoms with Crippen LogP contribution in [-0.2, 0) is 11.8 Å². The number of rotatable bonds is 7. The van der Waals surface area contributed by atoms with Gasteiger partial charge in [0.25, 0.3) is 0 Å². The van der Waals surface area contributed by atoms with Crippen molar-refractivity contribution in [2.45, 2.75) is 70.4 Å². The van der Waals surface area contributed by atoms with Crippen molar-refractivity contribution in [2.75, 3.05) is 30.9 Å². The molecule has 1 heterocycles. The van der Waals surface area contributed by atoms with Crippen LogP contribution >= 0.6 is 0 Å². The zero-order valence-corrected chi connectivity index (χ0v) is 20.9. The minimum absolute atomic E-state index is 0.218. The third kappa shape index (κ3) is 6.02. The molecule has 2 aromatic carbocycles. The second-order valence-electron chi connectivity index (χ2n) is 10.6. The molecule has 0 atom stereocenters. The third-order valence-electron chi connectivity index (χ3n) is 6.73. The molecule has 1 aliphatic rings. The molecule has 1 aromatic heterocycles. The van der Waals surface area contributed by atoms with E-state index < -0.39 is 0 Å². The fourth-order valence-corrected chi connectivity index (χ4v) is 4.68. The molecule has 3 aromatic rings. The van der Waals surface area contributed by atoms with Crippen molar-refractivity contribution in [3.8, 4) is 0 Å². The molecule has 1 fully saturated rings. The van der Waals surface area contributed by atoms with Crippen LogP contribution in [0.25, 0.3) is 10.9 Å². The Balaban J connectivity index is 1.26. The van der Waals surface area contributed by atoms with Gasteiger partial charge in [0.05, 0.1) is 5.52 Å². The molecule has 0 spiro atoms. The Hall–Kier alpha value is -2.66. The molecule has 0 bridgehead atoms. The normalized spacial score (nSPS) is 18.9. The molecule has 4 rings (SSSR count). The van der Waals surface area contributed by atoms with E-state index in [9.17, 15) is 0 Å². The number of hydrogen-bond donors (Lipinski definition) is 2. The Labute approximate surface area is 199 Å². The molecule has 0 radical (unpaired) electrons. The Kier molecular flexibility index (Phi) is 7.18. The third-order valence-corrected chi connectivity index (χ3v) is 6.73. The van der Waals surface area contributed by atoms with Crippen molar-refractivity contribution in [2.24, 2.45) is 0 Å². The molecule has 2 N–H and O–H groups in total. The van der Waals surface area contributed by atoms with Crippen LogP contribution in [0.5, 0.6) is 0 Å². The van der Waals surface area contributed by atoms with Crippen LogP contribution in [0.3, 0.4) is 0 Å². The number of anilines is 2. The molecular formula is C28H39N5. The van der Waals surface area contributed by atoms with E-state index in [1.54, 1.807) is 0 Å². The average Bonchev–Trinajstić information content (AvgIpc) is 2.79. The van der Waals surface area contributed by atoms with Gasteiger partial charge in [-0.1, -0.05) is 57.2 Å². The summed E-state index contributed by atoms with van der Waals surface area (Å²) < 4.78 is 0. The van der Waals surface area contributed by atoms with E-state index in [4.69, 9.17) is 9.97 Å². The van der Waals surface area contributed by atoms with Gasteiger partial charge in [-0.25, -0.2) is 4.98 Å². The summed E-state index contributed by atoms with van der Waals surface area (Å²) in [4.78, 5) is 11.6. The highest BCUT2D eigenvalue weighted by atomic mass is 15.2. The molecular weight excluding hydrogens is 406 g/mol. The van der Waals surface area contributed by atoms with Crippen LogP contribution in [0.2, 0.25) is 0 Å². The zero-order valence-electron chi connectivity index (χ0n) is 20.9. The number of para-hydroxylation sites is 1. The summed E-state index contributed by atoms with van der Waals surface area (Å²) in [5, 5.41) is 8.49. The molecule has 5 heteroatoms. The van der Waals surface area contributed by atoms with Crippen molar-refractivity contribution in [1.29, 1.82) is 0 Å². The number of fused-ring (bicyclic) bond motifs is 1. The first-order valence-corrected chi connectivity index (χ1v) is 12.3. The molecule has 0 aliphatic heterocycles. The van der Waals surface area contributed by atoms with Crippen molar-refractivity contribution in [3.05, 3.63) is 59.7 Å². The van der Waals surface area contributed by atoms with Gasteiger partial charge in [-0.3, -0.25) is 0 Å². The zero-order chi connectivity index (χ0) is 23.4.